The molecule has 2 aliphatic heterocycles. The molecule has 6 aromatic carbocycles. The summed E-state index contributed by atoms with van der Waals surface area (Å²) in [5, 5.41) is 25.1. The highest BCUT2D eigenvalue weighted by Gasteiger charge is 2.59. The number of hydrogen-bond donors (Lipinski definition) is 1. The minimum absolute atomic E-state index is 0.0141. The number of nitro groups is 1. The molecular weight excluding hydrogens is 981 g/mol. The number of carbonyl (C=O) groups is 3. The van der Waals surface area contributed by atoms with Gasteiger partial charge in [-0.3, -0.25) is 10.1 Å². The molecule has 1 aromatic heterocycles. The Kier molecular flexibility index (Phi) is 17.8. The number of esters is 3. The van der Waals surface area contributed by atoms with E-state index < -0.39 is 83.2 Å². The fourth-order valence-corrected chi connectivity index (χ4v) is 9.74. The van der Waals surface area contributed by atoms with Gasteiger partial charge < -0.3 is 43.0 Å². The Balaban J connectivity index is 1.15. The number of aliphatic hydroxyl groups excluding tert-OH is 1. The molecule has 75 heavy (non-hydrogen) atoms. The standard InChI is InChI=1S/C58H52N2O14S/c61-47(49-51(69-36-40-23-11-3-12-24-40)48(68-35-39-21-9-2-10-22-39)45(70-49)37-67-34-38-19-7-1-8-20-38)50-52(71-55(62)41-25-13-4-14-26-41)53(72-56(63)42-27-15-5-16-28-42)54(73-57(64)43-29-17-6-18-30-43)58(74-50)75-46-32-31-44(33-59-46)60(65)66/h1-33,45,47-54,58,61H,34-37H2/t45-,47?,48+,49?,50-,51-,52-,53+,54-,58+/m1/s1. The van der Waals surface area contributed by atoms with Crippen LogP contribution in [0.15, 0.2) is 205 Å². The van der Waals surface area contributed by atoms with Crippen molar-refractivity contribution in [1.29, 1.82) is 0 Å². The second-order valence-electron chi connectivity index (χ2n) is 17.6. The molecule has 0 saturated carbocycles. The lowest BCUT2D eigenvalue weighted by Gasteiger charge is -2.46. The van der Waals surface area contributed by atoms with Gasteiger partial charge in [-0.15, -0.1) is 0 Å². The second kappa shape index (κ2) is 25.6. The first-order valence-corrected chi connectivity index (χ1v) is 25.0. The Morgan fingerprint density at radius 1 is 0.533 bits per heavy atom. The van der Waals surface area contributed by atoms with Crippen LogP contribution in [0.4, 0.5) is 5.69 Å². The van der Waals surface area contributed by atoms with Crippen LogP contribution in [-0.2, 0) is 57.7 Å². The summed E-state index contributed by atoms with van der Waals surface area (Å²) >= 11 is 0.869. The zero-order chi connectivity index (χ0) is 51.9. The summed E-state index contributed by atoms with van der Waals surface area (Å²) in [6.07, 6.45) is -11.7. The van der Waals surface area contributed by atoms with Crippen LogP contribution in [0.25, 0.3) is 0 Å². The summed E-state index contributed by atoms with van der Waals surface area (Å²) in [7, 11) is 0. The molecule has 7 aromatic rings. The molecule has 0 aliphatic carbocycles. The number of thioether (sulfide) groups is 1. The van der Waals surface area contributed by atoms with Crippen LogP contribution in [0.5, 0.6) is 0 Å². The molecule has 17 heteroatoms. The van der Waals surface area contributed by atoms with Crippen LogP contribution < -0.4 is 0 Å². The number of benzene rings is 6. The van der Waals surface area contributed by atoms with Crippen molar-refractivity contribution in [2.45, 2.75) is 85.2 Å². The predicted octanol–water partition coefficient (Wildman–Crippen LogP) is 9.00. The Hall–Kier alpha value is -7.61. The average molecular weight is 1030 g/mol. The third-order valence-electron chi connectivity index (χ3n) is 12.4. The fraction of sp³-hybridized carbons (Fsp3) is 0.241. The monoisotopic (exact) mass is 1030 g/mol. The van der Waals surface area contributed by atoms with Crippen LogP contribution in [0.2, 0.25) is 0 Å². The largest absolute Gasteiger partial charge is 0.452 e. The Morgan fingerprint density at radius 2 is 0.960 bits per heavy atom. The van der Waals surface area contributed by atoms with Gasteiger partial charge in [0.1, 0.15) is 42.8 Å². The number of rotatable bonds is 21. The SMILES string of the molecule is O=C(O[C@@H]1[C@@H](OC(=O)c2ccccc2)[C@H](Sc2ccc([N+](=O)[O-])cn2)O[C@H](C(O)C2O[C@H](COCc3ccccc3)[C@H](OCc3ccccc3)[C@H]2OCc2ccccc2)[C@H]1OC(=O)c1ccccc1)c1ccccc1. The van der Waals surface area contributed by atoms with E-state index in [0.29, 0.717) is 0 Å². The van der Waals surface area contributed by atoms with E-state index >= 15 is 0 Å². The van der Waals surface area contributed by atoms with E-state index in [2.05, 4.69) is 4.98 Å². The van der Waals surface area contributed by atoms with Gasteiger partial charge in [-0.25, -0.2) is 19.4 Å². The maximum atomic E-state index is 14.4. The van der Waals surface area contributed by atoms with Crippen molar-refractivity contribution in [1.82, 2.24) is 4.98 Å². The van der Waals surface area contributed by atoms with Crippen molar-refractivity contribution in [2.75, 3.05) is 6.61 Å². The van der Waals surface area contributed by atoms with E-state index in [-0.39, 0.29) is 53.8 Å². The Morgan fingerprint density at radius 3 is 1.43 bits per heavy atom. The topological polar surface area (TPSA) is 201 Å². The van der Waals surface area contributed by atoms with E-state index in [0.717, 1.165) is 34.6 Å². The van der Waals surface area contributed by atoms with Gasteiger partial charge in [0.15, 0.2) is 23.7 Å². The molecule has 2 fully saturated rings. The summed E-state index contributed by atoms with van der Waals surface area (Å²) in [6.45, 7) is 0.394. The molecule has 1 N–H and O–H groups in total. The number of hydrogen-bond acceptors (Lipinski definition) is 16. The molecule has 0 amide bonds. The molecule has 3 heterocycles. The lowest BCUT2D eigenvalue weighted by molar-refractivity contribution is -0.385. The van der Waals surface area contributed by atoms with Gasteiger partial charge in [0.25, 0.3) is 5.69 Å². The van der Waals surface area contributed by atoms with Crippen molar-refractivity contribution in [3.05, 3.63) is 244 Å². The molecule has 384 valence electrons. The third-order valence-corrected chi connectivity index (χ3v) is 13.5. The Labute approximate surface area is 436 Å². The summed E-state index contributed by atoms with van der Waals surface area (Å²) < 4.78 is 52.5. The first kappa shape index (κ1) is 52.3. The van der Waals surface area contributed by atoms with Crippen molar-refractivity contribution >= 4 is 35.4 Å². The molecule has 2 aliphatic rings. The summed E-state index contributed by atoms with van der Waals surface area (Å²) in [5.74, 6) is -2.64. The molecule has 2 saturated heterocycles. The van der Waals surface area contributed by atoms with Crippen LogP contribution in [-0.4, -0.2) is 99.9 Å². The molecule has 0 radical (unpaired) electrons. The van der Waals surface area contributed by atoms with Gasteiger partial charge >= 0.3 is 17.9 Å². The quantitative estimate of drug-likeness (QED) is 0.0309. The number of nitrogens with zero attached hydrogens (tertiary/aromatic N) is 2. The molecule has 9 rings (SSSR count). The zero-order valence-electron chi connectivity index (χ0n) is 40.2. The minimum Gasteiger partial charge on any atom is -0.452 e. The number of pyridine rings is 1. The maximum absolute atomic E-state index is 14.4. The van der Waals surface area contributed by atoms with E-state index in [1.807, 2.05) is 91.0 Å². The predicted molar refractivity (Wildman–Crippen MR) is 273 cm³/mol. The number of ether oxygens (including phenoxy) is 8. The molecule has 16 nitrogen and oxygen atoms in total. The smallest absolute Gasteiger partial charge is 0.338 e. The van der Waals surface area contributed by atoms with E-state index in [9.17, 15) is 29.6 Å². The molecule has 0 spiro atoms. The summed E-state index contributed by atoms with van der Waals surface area (Å²) in [6, 6.07) is 55.2. The maximum Gasteiger partial charge on any atom is 0.338 e. The normalized spacial score (nSPS) is 22.6. The van der Waals surface area contributed by atoms with Gasteiger partial charge in [-0.05, 0) is 59.2 Å². The zero-order valence-corrected chi connectivity index (χ0v) is 41.0. The lowest BCUT2D eigenvalue weighted by Crippen LogP contribution is -2.65. The van der Waals surface area contributed by atoms with Crippen LogP contribution in [0, 0.1) is 10.1 Å². The van der Waals surface area contributed by atoms with E-state index in [4.69, 9.17) is 37.9 Å². The first-order valence-electron chi connectivity index (χ1n) is 24.2. The highest BCUT2D eigenvalue weighted by molar-refractivity contribution is 7.99. The Bertz CT molecular complexity index is 2930. The highest BCUT2D eigenvalue weighted by Crippen LogP contribution is 2.42. The van der Waals surface area contributed by atoms with Gasteiger partial charge in [-0.1, -0.05) is 157 Å². The van der Waals surface area contributed by atoms with Gasteiger partial charge in [0.2, 0.25) is 0 Å². The number of aromatic nitrogens is 1. The van der Waals surface area contributed by atoms with E-state index in [1.165, 1.54) is 48.5 Å². The third kappa shape index (κ3) is 13.6. The highest BCUT2D eigenvalue weighted by atomic mass is 32.2. The second-order valence-corrected chi connectivity index (χ2v) is 18.7. The summed E-state index contributed by atoms with van der Waals surface area (Å²) in [4.78, 5) is 58.4. The number of carbonyl (C=O) groups excluding carboxylic acids is 3. The summed E-state index contributed by atoms with van der Waals surface area (Å²) in [5.41, 5.74) is 1.20. The molecular formula is C58H52N2O14S. The van der Waals surface area contributed by atoms with E-state index in [1.54, 1.807) is 54.6 Å². The van der Waals surface area contributed by atoms with Gasteiger partial charge in [0, 0.05) is 6.07 Å². The first-order chi connectivity index (χ1) is 36.7. The number of aliphatic hydroxyl groups is 1. The molecule has 0 bridgehead atoms. The molecule has 10 atom stereocenters. The van der Waals surface area contributed by atoms with Crippen LogP contribution >= 0.6 is 11.8 Å². The average Bonchev–Trinajstić information content (AvgIpc) is 3.81. The van der Waals surface area contributed by atoms with Crippen LogP contribution in [0.3, 0.4) is 0 Å². The van der Waals surface area contributed by atoms with Gasteiger partial charge in [-0.2, -0.15) is 0 Å². The van der Waals surface area contributed by atoms with Crippen molar-refractivity contribution in [3.8, 4) is 0 Å². The minimum atomic E-state index is -1.81. The van der Waals surface area contributed by atoms with Crippen molar-refractivity contribution in [3.63, 3.8) is 0 Å². The molecule has 2 unspecified atom stereocenters. The lowest BCUT2D eigenvalue weighted by atomic mass is 9.90. The van der Waals surface area contributed by atoms with Crippen LogP contribution in [0.1, 0.15) is 47.8 Å². The van der Waals surface area contributed by atoms with Gasteiger partial charge in [0.05, 0.1) is 53.1 Å². The van der Waals surface area contributed by atoms with Crippen molar-refractivity contribution in [2.24, 2.45) is 0 Å². The fourth-order valence-electron chi connectivity index (χ4n) is 8.71. The van der Waals surface area contributed by atoms with Crippen molar-refractivity contribution < 1.29 is 62.3 Å².